The van der Waals surface area contributed by atoms with E-state index in [0.29, 0.717) is 12.6 Å². The normalized spacial score (nSPS) is 15.6. The summed E-state index contributed by atoms with van der Waals surface area (Å²) in [7, 11) is 3.63. The summed E-state index contributed by atoms with van der Waals surface area (Å²) in [6.45, 7) is 10.4. The second-order valence-electron chi connectivity index (χ2n) is 7.99. The number of halogens is 1. The SMILES string of the molecule is CCNC(=NCCc1cc(C)cc(C)c1)NC1CCN(CC(=O)N(C)C)CC1.I. The van der Waals surface area contributed by atoms with Crippen LogP contribution >= 0.6 is 24.0 Å². The Balaban J connectivity index is 0.00000420. The van der Waals surface area contributed by atoms with Crippen molar-refractivity contribution >= 4 is 35.8 Å². The van der Waals surface area contributed by atoms with Crippen LogP contribution in [0.25, 0.3) is 0 Å². The Hall–Kier alpha value is -1.35. The zero-order valence-electron chi connectivity index (χ0n) is 18.6. The van der Waals surface area contributed by atoms with Crippen molar-refractivity contribution in [2.45, 2.75) is 46.1 Å². The molecule has 164 valence electrons. The summed E-state index contributed by atoms with van der Waals surface area (Å²) in [4.78, 5) is 20.5. The minimum atomic E-state index is 0. The number of likely N-dealkylation sites (tertiary alicyclic amines) is 1. The Morgan fingerprint density at radius 3 is 2.34 bits per heavy atom. The molecule has 1 aliphatic rings. The summed E-state index contributed by atoms with van der Waals surface area (Å²) in [5, 5.41) is 6.94. The maximum Gasteiger partial charge on any atom is 0.236 e. The molecule has 1 aromatic carbocycles. The van der Waals surface area contributed by atoms with E-state index >= 15 is 0 Å². The molecule has 0 aromatic heterocycles. The Labute approximate surface area is 193 Å². The van der Waals surface area contributed by atoms with Gasteiger partial charge in [0.2, 0.25) is 5.91 Å². The van der Waals surface area contributed by atoms with E-state index in [1.165, 1.54) is 16.7 Å². The molecule has 29 heavy (non-hydrogen) atoms. The molecule has 0 aliphatic carbocycles. The van der Waals surface area contributed by atoms with Crippen molar-refractivity contribution in [3.8, 4) is 0 Å². The molecule has 0 bridgehead atoms. The van der Waals surface area contributed by atoms with Crippen LogP contribution in [-0.2, 0) is 11.2 Å². The Kier molecular flexibility index (Phi) is 11.6. The van der Waals surface area contributed by atoms with Crippen LogP contribution in [0.15, 0.2) is 23.2 Å². The minimum Gasteiger partial charge on any atom is -0.357 e. The molecule has 2 N–H and O–H groups in total. The van der Waals surface area contributed by atoms with Gasteiger partial charge in [-0.1, -0.05) is 29.3 Å². The number of nitrogens with zero attached hydrogens (tertiary/aromatic N) is 3. The lowest BCUT2D eigenvalue weighted by molar-refractivity contribution is -0.130. The lowest BCUT2D eigenvalue weighted by Gasteiger charge is -2.33. The summed E-state index contributed by atoms with van der Waals surface area (Å²) in [5.41, 5.74) is 3.96. The van der Waals surface area contributed by atoms with Gasteiger partial charge in [0, 0.05) is 46.3 Å². The summed E-state index contributed by atoms with van der Waals surface area (Å²) in [6.07, 6.45) is 3.01. The van der Waals surface area contributed by atoms with Crippen LogP contribution < -0.4 is 10.6 Å². The van der Waals surface area contributed by atoms with Crippen LogP contribution in [0.5, 0.6) is 0 Å². The molecule has 0 radical (unpaired) electrons. The molecule has 0 saturated carbocycles. The van der Waals surface area contributed by atoms with E-state index < -0.39 is 0 Å². The highest BCUT2D eigenvalue weighted by Crippen LogP contribution is 2.11. The molecular formula is C22H38IN5O. The predicted octanol–water partition coefficient (Wildman–Crippen LogP) is 2.57. The number of likely N-dealkylation sites (N-methyl/N-ethyl adjacent to an activating group) is 1. The fraction of sp³-hybridized carbons (Fsp3) is 0.636. The fourth-order valence-corrected chi connectivity index (χ4v) is 3.59. The van der Waals surface area contributed by atoms with Crippen LogP contribution in [0.3, 0.4) is 0 Å². The molecule has 1 heterocycles. The van der Waals surface area contributed by atoms with Gasteiger partial charge in [-0.25, -0.2) is 0 Å². The van der Waals surface area contributed by atoms with E-state index in [-0.39, 0.29) is 29.9 Å². The van der Waals surface area contributed by atoms with E-state index in [1.807, 2.05) is 14.1 Å². The van der Waals surface area contributed by atoms with Gasteiger partial charge in [-0.3, -0.25) is 14.7 Å². The first kappa shape index (κ1) is 25.7. The average Bonchev–Trinajstić information content (AvgIpc) is 2.62. The molecule has 1 aromatic rings. The van der Waals surface area contributed by atoms with Gasteiger partial charge < -0.3 is 15.5 Å². The average molecular weight is 515 g/mol. The molecule has 1 saturated heterocycles. The largest absolute Gasteiger partial charge is 0.357 e. The van der Waals surface area contributed by atoms with E-state index in [9.17, 15) is 4.79 Å². The van der Waals surface area contributed by atoms with E-state index in [0.717, 1.165) is 51.4 Å². The maximum absolute atomic E-state index is 11.9. The highest BCUT2D eigenvalue weighted by molar-refractivity contribution is 14.0. The number of carbonyl (C=O) groups excluding carboxylic acids is 1. The predicted molar refractivity (Wildman–Crippen MR) is 132 cm³/mol. The van der Waals surface area contributed by atoms with Crippen LogP contribution in [0, 0.1) is 13.8 Å². The molecule has 7 heteroatoms. The Bertz CT molecular complexity index is 649. The van der Waals surface area contributed by atoms with Crippen molar-refractivity contribution in [3.63, 3.8) is 0 Å². The molecule has 0 spiro atoms. The highest BCUT2D eigenvalue weighted by atomic mass is 127. The summed E-state index contributed by atoms with van der Waals surface area (Å²) >= 11 is 0. The third kappa shape index (κ3) is 9.33. The first-order chi connectivity index (χ1) is 13.4. The monoisotopic (exact) mass is 515 g/mol. The molecule has 0 atom stereocenters. The van der Waals surface area contributed by atoms with E-state index in [4.69, 9.17) is 4.99 Å². The summed E-state index contributed by atoms with van der Waals surface area (Å²) in [5.74, 6) is 1.07. The standard InChI is InChI=1S/C22H37N5O.HI/c1-6-23-22(24-10-7-19-14-17(2)13-18(3)15-19)25-20-8-11-27(12-9-20)16-21(28)26(4)5;/h13-15,20H,6-12,16H2,1-5H3,(H2,23,24,25);1H. The number of hydrogen-bond acceptors (Lipinski definition) is 3. The first-order valence-corrected chi connectivity index (χ1v) is 10.4. The third-order valence-electron chi connectivity index (χ3n) is 5.08. The van der Waals surface area contributed by atoms with Gasteiger partial charge in [0.1, 0.15) is 0 Å². The number of benzene rings is 1. The zero-order chi connectivity index (χ0) is 20.5. The lowest BCUT2D eigenvalue weighted by Crippen LogP contribution is -2.50. The smallest absolute Gasteiger partial charge is 0.236 e. The van der Waals surface area contributed by atoms with Crippen molar-refractivity contribution in [2.24, 2.45) is 4.99 Å². The van der Waals surface area contributed by atoms with Crippen molar-refractivity contribution in [2.75, 3.05) is 46.8 Å². The van der Waals surface area contributed by atoms with Gasteiger partial charge in [0.25, 0.3) is 0 Å². The summed E-state index contributed by atoms with van der Waals surface area (Å²) < 4.78 is 0. The third-order valence-corrected chi connectivity index (χ3v) is 5.08. The molecule has 1 fully saturated rings. The Morgan fingerprint density at radius 1 is 1.17 bits per heavy atom. The van der Waals surface area contributed by atoms with Gasteiger partial charge in [-0.05, 0) is 45.6 Å². The van der Waals surface area contributed by atoms with Gasteiger partial charge in [0.15, 0.2) is 5.96 Å². The molecule has 0 unspecified atom stereocenters. The zero-order valence-corrected chi connectivity index (χ0v) is 21.0. The number of rotatable bonds is 7. The highest BCUT2D eigenvalue weighted by Gasteiger charge is 2.21. The van der Waals surface area contributed by atoms with Gasteiger partial charge in [-0.2, -0.15) is 0 Å². The first-order valence-electron chi connectivity index (χ1n) is 10.4. The van der Waals surface area contributed by atoms with Crippen LogP contribution in [0.2, 0.25) is 0 Å². The Morgan fingerprint density at radius 2 is 1.79 bits per heavy atom. The quantitative estimate of drug-likeness (QED) is 0.333. The molecule has 1 aliphatic heterocycles. The van der Waals surface area contributed by atoms with Gasteiger partial charge >= 0.3 is 0 Å². The van der Waals surface area contributed by atoms with Crippen molar-refractivity contribution in [1.82, 2.24) is 20.4 Å². The summed E-state index contributed by atoms with van der Waals surface area (Å²) in [6, 6.07) is 7.10. The van der Waals surface area contributed by atoms with Crippen LogP contribution in [-0.4, -0.2) is 74.5 Å². The van der Waals surface area contributed by atoms with Crippen molar-refractivity contribution < 1.29 is 4.79 Å². The number of guanidine groups is 1. The van der Waals surface area contributed by atoms with Crippen LogP contribution in [0.4, 0.5) is 0 Å². The number of amides is 1. The van der Waals surface area contributed by atoms with Crippen LogP contribution in [0.1, 0.15) is 36.5 Å². The second kappa shape index (κ2) is 13.1. The topological polar surface area (TPSA) is 60.0 Å². The second-order valence-corrected chi connectivity index (χ2v) is 7.99. The molecule has 2 rings (SSSR count). The maximum atomic E-state index is 11.9. The number of aryl methyl sites for hydroxylation is 2. The molecule has 1 amide bonds. The van der Waals surface area contributed by atoms with E-state index in [2.05, 4.69) is 54.5 Å². The van der Waals surface area contributed by atoms with E-state index in [1.54, 1.807) is 4.90 Å². The molecule has 6 nitrogen and oxygen atoms in total. The van der Waals surface area contributed by atoms with Gasteiger partial charge in [-0.15, -0.1) is 24.0 Å². The lowest BCUT2D eigenvalue weighted by atomic mass is 10.0. The number of nitrogens with one attached hydrogen (secondary N) is 2. The van der Waals surface area contributed by atoms with Gasteiger partial charge in [0.05, 0.1) is 6.54 Å². The number of carbonyl (C=O) groups is 1. The fourth-order valence-electron chi connectivity index (χ4n) is 3.59. The van der Waals surface area contributed by atoms with Crippen molar-refractivity contribution in [1.29, 1.82) is 0 Å². The number of hydrogen-bond donors (Lipinski definition) is 2. The minimum absolute atomic E-state index is 0. The molecular weight excluding hydrogens is 477 g/mol. The van der Waals surface area contributed by atoms with Crippen molar-refractivity contribution in [3.05, 3.63) is 34.9 Å². The number of piperidine rings is 1. The number of aliphatic imine (C=N–C) groups is 1.